The molecule has 0 aliphatic carbocycles. The zero-order chi connectivity index (χ0) is 10.6. The summed E-state index contributed by atoms with van der Waals surface area (Å²) in [5.41, 5.74) is -0.181. The Kier molecular flexibility index (Phi) is 3.55. The summed E-state index contributed by atoms with van der Waals surface area (Å²) in [5, 5.41) is 13.3. The number of nitrogens with zero attached hydrogens (tertiary/aromatic N) is 2. The molecule has 1 heterocycles. The number of hydrogen-bond acceptors (Lipinski definition) is 4. The number of rotatable bonds is 4. The Hall–Kier alpha value is -1.00. The number of nitrogens with one attached hydrogen (secondary N) is 1. The lowest BCUT2D eigenvalue weighted by atomic mass is 9.99. The van der Waals surface area contributed by atoms with E-state index in [0.29, 0.717) is 12.6 Å². The van der Waals surface area contributed by atoms with Crippen molar-refractivity contribution < 1.29 is 5.11 Å². The second-order valence-corrected chi connectivity index (χ2v) is 3.94. The Morgan fingerprint density at radius 2 is 2.00 bits per heavy atom. The van der Waals surface area contributed by atoms with Crippen molar-refractivity contribution in [3.63, 3.8) is 0 Å². The minimum atomic E-state index is -0.911. The highest BCUT2D eigenvalue weighted by atomic mass is 16.3. The lowest BCUT2D eigenvalue weighted by molar-refractivity contribution is 0.0542. The smallest absolute Gasteiger partial charge is 0.115 e. The van der Waals surface area contributed by atoms with Crippen LogP contribution < -0.4 is 5.32 Å². The molecule has 0 amide bonds. The molecule has 1 atom stereocenters. The summed E-state index contributed by atoms with van der Waals surface area (Å²) in [5.74, 6) is 0. The predicted octanol–water partition coefficient (Wildman–Crippen LogP) is 0.682. The Balaban J connectivity index is 2.66. The van der Waals surface area contributed by atoms with Gasteiger partial charge >= 0.3 is 0 Å². The summed E-state index contributed by atoms with van der Waals surface area (Å²) in [6, 6.07) is 0.353. The van der Waals surface area contributed by atoms with E-state index in [9.17, 15) is 5.11 Å². The van der Waals surface area contributed by atoms with Crippen LogP contribution in [0.15, 0.2) is 18.7 Å². The zero-order valence-corrected chi connectivity index (χ0v) is 8.86. The van der Waals surface area contributed by atoms with Crippen molar-refractivity contribution in [2.75, 3.05) is 6.54 Å². The number of aromatic nitrogens is 2. The van der Waals surface area contributed by atoms with Crippen molar-refractivity contribution in [1.82, 2.24) is 15.3 Å². The first-order chi connectivity index (χ1) is 6.52. The van der Waals surface area contributed by atoms with Crippen LogP contribution in [-0.2, 0) is 5.60 Å². The average molecular weight is 195 g/mol. The van der Waals surface area contributed by atoms with Gasteiger partial charge in [-0.05, 0) is 6.92 Å². The molecule has 2 N–H and O–H groups in total. The Morgan fingerprint density at radius 1 is 1.43 bits per heavy atom. The van der Waals surface area contributed by atoms with Crippen molar-refractivity contribution in [3.8, 4) is 0 Å². The average Bonchev–Trinajstić information content (AvgIpc) is 2.16. The van der Waals surface area contributed by atoms with E-state index >= 15 is 0 Å². The van der Waals surface area contributed by atoms with Gasteiger partial charge in [0, 0.05) is 30.5 Å². The third-order valence-corrected chi connectivity index (χ3v) is 2.04. The molecule has 1 aromatic heterocycles. The SMILES string of the molecule is CC(C)NCC(C)(O)c1cncnc1. The van der Waals surface area contributed by atoms with E-state index in [0.717, 1.165) is 5.56 Å². The van der Waals surface area contributed by atoms with Crippen LogP contribution in [0, 0.1) is 0 Å². The molecule has 0 bridgehead atoms. The van der Waals surface area contributed by atoms with E-state index in [1.165, 1.54) is 6.33 Å². The summed E-state index contributed by atoms with van der Waals surface area (Å²) >= 11 is 0. The summed E-state index contributed by atoms with van der Waals surface area (Å²) in [4.78, 5) is 7.76. The number of hydrogen-bond donors (Lipinski definition) is 2. The number of aliphatic hydroxyl groups is 1. The van der Waals surface area contributed by atoms with Gasteiger partial charge in [-0.2, -0.15) is 0 Å². The molecule has 0 aliphatic rings. The van der Waals surface area contributed by atoms with Gasteiger partial charge in [-0.15, -0.1) is 0 Å². The third-order valence-electron chi connectivity index (χ3n) is 2.04. The second kappa shape index (κ2) is 4.48. The van der Waals surface area contributed by atoms with Crippen LogP contribution in [0.4, 0.5) is 0 Å². The molecular weight excluding hydrogens is 178 g/mol. The minimum Gasteiger partial charge on any atom is -0.384 e. The molecule has 4 heteroatoms. The highest BCUT2D eigenvalue weighted by Gasteiger charge is 2.23. The molecule has 0 saturated heterocycles. The second-order valence-electron chi connectivity index (χ2n) is 3.94. The third kappa shape index (κ3) is 3.05. The van der Waals surface area contributed by atoms with E-state index < -0.39 is 5.60 Å². The molecule has 0 aromatic carbocycles. The van der Waals surface area contributed by atoms with Gasteiger partial charge in [-0.25, -0.2) is 9.97 Å². The van der Waals surface area contributed by atoms with Gasteiger partial charge in [0.15, 0.2) is 0 Å². The van der Waals surface area contributed by atoms with Gasteiger partial charge in [-0.1, -0.05) is 13.8 Å². The van der Waals surface area contributed by atoms with Crippen molar-refractivity contribution in [3.05, 3.63) is 24.3 Å². The maximum absolute atomic E-state index is 10.1. The van der Waals surface area contributed by atoms with E-state index in [-0.39, 0.29) is 0 Å². The minimum absolute atomic E-state index is 0.353. The first-order valence-electron chi connectivity index (χ1n) is 4.73. The topological polar surface area (TPSA) is 58.0 Å². The van der Waals surface area contributed by atoms with Crippen LogP contribution in [0.2, 0.25) is 0 Å². The molecular formula is C10H17N3O. The standard InChI is InChI=1S/C10H17N3O/c1-8(2)13-6-10(3,14)9-4-11-7-12-5-9/h4-5,7-8,13-14H,6H2,1-3H3. The highest BCUT2D eigenvalue weighted by molar-refractivity contribution is 5.13. The maximum Gasteiger partial charge on any atom is 0.115 e. The van der Waals surface area contributed by atoms with Crippen LogP contribution in [0.25, 0.3) is 0 Å². The fraction of sp³-hybridized carbons (Fsp3) is 0.600. The van der Waals surface area contributed by atoms with Crippen LogP contribution in [0.1, 0.15) is 26.3 Å². The molecule has 0 saturated carbocycles. The van der Waals surface area contributed by atoms with E-state index in [2.05, 4.69) is 15.3 Å². The molecule has 0 fully saturated rings. The molecule has 4 nitrogen and oxygen atoms in total. The summed E-state index contributed by atoms with van der Waals surface area (Å²) < 4.78 is 0. The van der Waals surface area contributed by atoms with Gasteiger partial charge in [0.25, 0.3) is 0 Å². The Morgan fingerprint density at radius 3 is 2.50 bits per heavy atom. The summed E-state index contributed by atoms with van der Waals surface area (Å²) in [7, 11) is 0. The van der Waals surface area contributed by atoms with E-state index in [1.807, 2.05) is 13.8 Å². The largest absolute Gasteiger partial charge is 0.384 e. The van der Waals surface area contributed by atoms with Crippen molar-refractivity contribution >= 4 is 0 Å². The van der Waals surface area contributed by atoms with Crippen molar-refractivity contribution in [2.45, 2.75) is 32.4 Å². The predicted molar refractivity (Wildman–Crippen MR) is 54.7 cm³/mol. The summed E-state index contributed by atoms with van der Waals surface area (Å²) in [6.45, 7) is 6.33. The van der Waals surface area contributed by atoms with Gasteiger partial charge in [0.2, 0.25) is 0 Å². The first kappa shape index (κ1) is 11.1. The fourth-order valence-electron chi connectivity index (χ4n) is 1.08. The van der Waals surface area contributed by atoms with Crippen LogP contribution in [-0.4, -0.2) is 27.7 Å². The Bertz CT molecular complexity index is 272. The molecule has 1 unspecified atom stereocenters. The highest BCUT2D eigenvalue weighted by Crippen LogP contribution is 2.17. The van der Waals surface area contributed by atoms with Crippen LogP contribution in [0.3, 0.4) is 0 Å². The molecule has 1 aromatic rings. The van der Waals surface area contributed by atoms with Crippen molar-refractivity contribution in [2.24, 2.45) is 0 Å². The van der Waals surface area contributed by atoms with E-state index in [1.54, 1.807) is 19.3 Å². The van der Waals surface area contributed by atoms with Crippen molar-refractivity contribution in [1.29, 1.82) is 0 Å². The molecule has 14 heavy (non-hydrogen) atoms. The lowest BCUT2D eigenvalue weighted by Crippen LogP contribution is -2.38. The van der Waals surface area contributed by atoms with Gasteiger partial charge < -0.3 is 10.4 Å². The first-order valence-corrected chi connectivity index (χ1v) is 4.73. The molecule has 0 spiro atoms. The molecule has 1 rings (SSSR count). The normalized spacial score (nSPS) is 15.5. The fourth-order valence-corrected chi connectivity index (χ4v) is 1.08. The Labute approximate surface area is 84.4 Å². The van der Waals surface area contributed by atoms with Gasteiger partial charge in [0.1, 0.15) is 11.9 Å². The molecule has 0 aliphatic heterocycles. The molecule has 0 radical (unpaired) electrons. The van der Waals surface area contributed by atoms with Gasteiger partial charge in [0.05, 0.1) is 0 Å². The lowest BCUT2D eigenvalue weighted by Gasteiger charge is -2.24. The van der Waals surface area contributed by atoms with Crippen LogP contribution >= 0.6 is 0 Å². The maximum atomic E-state index is 10.1. The van der Waals surface area contributed by atoms with Gasteiger partial charge in [-0.3, -0.25) is 0 Å². The van der Waals surface area contributed by atoms with E-state index in [4.69, 9.17) is 0 Å². The molecule has 78 valence electrons. The van der Waals surface area contributed by atoms with Crippen LogP contribution in [0.5, 0.6) is 0 Å². The zero-order valence-electron chi connectivity index (χ0n) is 8.86. The summed E-state index contributed by atoms with van der Waals surface area (Å²) in [6.07, 6.45) is 4.72. The quantitative estimate of drug-likeness (QED) is 0.742. The monoisotopic (exact) mass is 195 g/mol.